The molecule has 1 aliphatic rings. The molecule has 2 atom stereocenters. The third-order valence-corrected chi connectivity index (χ3v) is 5.45. The van der Waals surface area contributed by atoms with E-state index in [0.717, 1.165) is 26.0 Å². The summed E-state index contributed by atoms with van der Waals surface area (Å²) in [5.41, 5.74) is 1.50. The van der Waals surface area contributed by atoms with Crippen LogP contribution in [0.1, 0.15) is 49.7 Å². The van der Waals surface area contributed by atoms with Crippen LogP contribution in [0.4, 0.5) is 0 Å². The lowest BCUT2D eigenvalue weighted by Crippen LogP contribution is -2.47. The largest absolute Gasteiger partial charge is 0.378 e. The Morgan fingerprint density at radius 2 is 2.10 bits per heavy atom. The Morgan fingerprint density at radius 1 is 1.40 bits per heavy atom. The van der Waals surface area contributed by atoms with E-state index in [2.05, 4.69) is 46.9 Å². The van der Waals surface area contributed by atoms with Crippen molar-refractivity contribution in [1.82, 2.24) is 10.3 Å². The molecule has 1 saturated heterocycles. The molecule has 4 heteroatoms. The second kappa shape index (κ2) is 5.74. The van der Waals surface area contributed by atoms with E-state index in [1.807, 2.05) is 11.3 Å². The number of hydrogen-bond donors (Lipinski definition) is 1. The number of ether oxygens (including phenoxy) is 1. The van der Waals surface area contributed by atoms with Gasteiger partial charge in [0.25, 0.3) is 0 Å². The lowest BCUT2D eigenvalue weighted by molar-refractivity contribution is 0.0597. The highest BCUT2D eigenvalue weighted by Gasteiger charge is 2.42. The number of rotatable bonds is 4. The number of aromatic nitrogens is 1. The van der Waals surface area contributed by atoms with Crippen LogP contribution in [-0.2, 0) is 11.2 Å². The highest BCUT2D eigenvalue weighted by atomic mass is 32.1. The van der Waals surface area contributed by atoms with Gasteiger partial charge in [-0.15, -0.1) is 11.3 Å². The molecule has 1 aromatic heterocycles. The summed E-state index contributed by atoms with van der Waals surface area (Å²) in [6.45, 7) is 15.0. The van der Waals surface area contributed by atoms with E-state index in [1.165, 1.54) is 15.6 Å². The average molecular weight is 296 g/mol. The number of thiazole rings is 1. The lowest BCUT2D eigenvalue weighted by atomic mass is 9.78. The predicted molar refractivity (Wildman–Crippen MR) is 85.5 cm³/mol. The van der Waals surface area contributed by atoms with Crippen molar-refractivity contribution in [2.45, 2.75) is 66.0 Å². The first-order valence-corrected chi connectivity index (χ1v) is 8.33. The minimum absolute atomic E-state index is 0.143. The van der Waals surface area contributed by atoms with E-state index in [0.29, 0.717) is 6.10 Å². The zero-order chi connectivity index (χ0) is 15.0. The Morgan fingerprint density at radius 3 is 2.55 bits per heavy atom. The van der Waals surface area contributed by atoms with E-state index in [4.69, 9.17) is 9.72 Å². The molecule has 0 amide bonds. The molecule has 20 heavy (non-hydrogen) atoms. The second-order valence-electron chi connectivity index (χ2n) is 7.15. The summed E-state index contributed by atoms with van der Waals surface area (Å²) < 4.78 is 5.88. The highest BCUT2D eigenvalue weighted by molar-refractivity contribution is 7.11. The van der Waals surface area contributed by atoms with E-state index in [9.17, 15) is 0 Å². The van der Waals surface area contributed by atoms with Gasteiger partial charge in [-0.1, -0.05) is 0 Å². The van der Waals surface area contributed by atoms with E-state index in [-0.39, 0.29) is 11.0 Å². The van der Waals surface area contributed by atoms with Gasteiger partial charge in [-0.05, 0) is 48.0 Å². The van der Waals surface area contributed by atoms with Crippen molar-refractivity contribution in [3.05, 3.63) is 15.6 Å². The molecule has 1 aromatic rings. The van der Waals surface area contributed by atoms with Gasteiger partial charge in [-0.3, -0.25) is 0 Å². The van der Waals surface area contributed by atoms with Crippen LogP contribution in [0.5, 0.6) is 0 Å². The SMILES string of the molecule is Cc1nc(CC2(CNC(C)(C)C)CCOC2C)sc1C. The number of aryl methyl sites for hydroxylation is 2. The van der Waals surface area contributed by atoms with Crippen LogP contribution in [-0.4, -0.2) is 29.8 Å². The van der Waals surface area contributed by atoms with E-state index < -0.39 is 0 Å². The van der Waals surface area contributed by atoms with Gasteiger partial charge < -0.3 is 10.1 Å². The third-order valence-electron chi connectivity index (χ3n) is 4.38. The highest BCUT2D eigenvalue weighted by Crippen LogP contribution is 2.39. The molecule has 0 aromatic carbocycles. The normalized spacial score (nSPS) is 27.2. The van der Waals surface area contributed by atoms with Crippen LogP contribution in [0, 0.1) is 19.3 Å². The van der Waals surface area contributed by atoms with Gasteiger partial charge in [0.1, 0.15) is 0 Å². The molecule has 1 fully saturated rings. The Bertz CT molecular complexity index is 444. The Balaban J connectivity index is 2.15. The molecule has 0 spiro atoms. The molecule has 0 aliphatic carbocycles. The maximum atomic E-state index is 5.88. The van der Waals surface area contributed by atoms with Crippen molar-refractivity contribution in [3.8, 4) is 0 Å². The molecule has 1 N–H and O–H groups in total. The monoisotopic (exact) mass is 296 g/mol. The fraction of sp³-hybridized carbons (Fsp3) is 0.812. The zero-order valence-corrected chi connectivity index (χ0v) is 14.5. The second-order valence-corrected chi connectivity index (χ2v) is 8.44. The topological polar surface area (TPSA) is 34.2 Å². The molecule has 1 aliphatic heterocycles. The van der Waals surface area contributed by atoms with Crippen LogP contribution in [0.15, 0.2) is 0 Å². The van der Waals surface area contributed by atoms with Crippen molar-refractivity contribution in [2.24, 2.45) is 5.41 Å². The Hall–Kier alpha value is -0.450. The quantitative estimate of drug-likeness (QED) is 0.923. The standard InChI is InChI=1S/C16H28N2OS/c1-11-12(2)20-14(18-11)9-16(7-8-19-13(16)3)10-17-15(4,5)6/h13,17H,7-10H2,1-6H3. The van der Waals surface area contributed by atoms with Crippen molar-refractivity contribution < 1.29 is 4.74 Å². The fourth-order valence-electron chi connectivity index (χ4n) is 2.70. The van der Waals surface area contributed by atoms with Crippen LogP contribution >= 0.6 is 11.3 Å². The lowest BCUT2D eigenvalue weighted by Gasteiger charge is -2.35. The van der Waals surface area contributed by atoms with Gasteiger partial charge in [0.05, 0.1) is 16.8 Å². The fourth-order valence-corrected chi connectivity index (χ4v) is 3.79. The molecular weight excluding hydrogens is 268 g/mol. The number of nitrogens with zero attached hydrogens (tertiary/aromatic N) is 1. The molecule has 2 unspecified atom stereocenters. The summed E-state index contributed by atoms with van der Waals surface area (Å²) in [5, 5.41) is 4.93. The molecule has 2 heterocycles. The van der Waals surface area contributed by atoms with Crippen molar-refractivity contribution in [1.29, 1.82) is 0 Å². The first-order chi connectivity index (χ1) is 9.22. The van der Waals surface area contributed by atoms with Gasteiger partial charge in [0.2, 0.25) is 0 Å². The van der Waals surface area contributed by atoms with Crippen LogP contribution in [0.3, 0.4) is 0 Å². The minimum atomic E-state index is 0.143. The summed E-state index contributed by atoms with van der Waals surface area (Å²) >= 11 is 1.84. The Kier molecular flexibility index (Phi) is 4.57. The van der Waals surface area contributed by atoms with Gasteiger partial charge in [0.15, 0.2) is 0 Å². The van der Waals surface area contributed by atoms with E-state index in [1.54, 1.807) is 0 Å². The smallest absolute Gasteiger partial charge is 0.0937 e. The molecule has 114 valence electrons. The van der Waals surface area contributed by atoms with Crippen LogP contribution in [0.25, 0.3) is 0 Å². The summed E-state index contributed by atoms with van der Waals surface area (Å²) in [5.74, 6) is 0. The summed E-state index contributed by atoms with van der Waals surface area (Å²) in [7, 11) is 0. The summed E-state index contributed by atoms with van der Waals surface area (Å²) in [4.78, 5) is 6.07. The zero-order valence-electron chi connectivity index (χ0n) is 13.7. The van der Waals surface area contributed by atoms with Gasteiger partial charge in [0, 0.05) is 35.4 Å². The van der Waals surface area contributed by atoms with Crippen LogP contribution < -0.4 is 5.32 Å². The van der Waals surface area contributed by atoms with Crippen LogP contribution in [0.2, 0.25) is 0 Å². The first kappa shape index (κ1) is 15.9. The Labute approximate surface area is 127 Å². The molecule has 0 saturated carbocycles. The van der Waals surface area contributed by atoms with Crippen molar-refractivity contribution >= 4 is 11.3 Å². The van der Waals surface area contributed by atoms with Crippen molar-refractivity contribution in [3.63, 3.8) is 0 Å². The summed E-state index contributed by atoms with van der Waals surface area (Å²) in [6, 6.07) is 0. The first-order valence-electron chi connectivity index (χ1n) is 7.51. The van der Waals surface area contributed by atoms with Gasteiger partial charge in [-0.25, -0.2) is 4.98 Å². The minimum Gasteiger partial charge on any atom is -0.378 e. The van der Waals surface area contributed by atoms with E-state index >= 15 is 0 Å². The maximum Gasteiger partial charge on any atom is 0.0937 e. The summed E-state index contributed by atoms with van der Waals surface area (Å²) in [6.07, 6.45) is 2.44. The predicted octanol–water partition coefficient (Wildman–Crippen LogP) is 3.49. The maximum absolute atomic E-state index is 5.88. The third kappa shape index (κ3) is 3.60. The average Bonchev–Trinajstić information content (AvgIpc) is 2.82. The van der Waals surface area contributed by atoms with Gasteiger partial charge in [-0.2, -0.15) is 0 Å². The molecular formula is C16H28N2OS. The number of hydrogen-bond acceptors (Lipinski definition) is 4. The molecule has 0 bridgehead atoms. The van der Waals surface area contributed by atoms with Crippen molar-refractivity contribution in [2.75, 3.05) is 13.2 Å². The van der Waals surface area contributed by atoms with Gasteiger partial charge >= 0.3 is 0 Å². The number of nitrogens with one attached hydrogen (secondary N) is 1. The molecule has 0 radical (unpaired) electrons. The molecule has 2 rings (SSSR count). The molecule has 3 nitrogen and oxygen atoms in total.